The van der Waals surface area contributed by atoms with Crippen LogP contribution < -0.4 is 5.32 Å². The first-order valence-electron chi connectivity index (χ1n) is 10.6. The highest BCUT2D eigenvalue weighted by Gasteiger charge is 2.24. The lowest BCUT2D eigenvalue weighted by Gasteiger charge is -2.20. The molecule has 2 aromatic carbocycles. The van der Waals surface area contributed by atoms with Crippen molar-refractivity contribution < 1.29 is 13.2 Å². The summed E-state index contributed by atoms with van der Waals surface area (Å²) in [5, 5.41) is 4.36. The zero-order chi connectivity index (χ0) is 21.8. The molecule has 0 aliphatic carbocycles. The third-order valence-corrected chi connectivity index (χ3v) is 7.90. The van der Waals surface area contributed by atoms with Gasteiger partial charge in [-0.05, 0) is 49.1 Å². The van der Waals surface area contributed by atoms with Crippen LogP contribution >= 0.6 is 11.6 Å². The number of para-hydroxylation sites is 1. The molecule has 31 heavy (non-hydrogen) atoms. The molecule has 1 aliphatic heterocycles. The Hall–Kier alpha value is -2.35. The zero-order valence-electron chi connectivity index (χ0n) is 17.2. The molecule has 2 heterocycles. The average Bonchev–Trinajstić information content (AvgIpc) is 3.02. The predicted molar refractivity (Wildman–Crippen MR) is 123 cm³/mol. The smallest absolute Gasteiger partial charge is 0.267 e. The number of nitrogens with one attached hydrogen (secondary N) is 2. The van der Waals surface area contributed by atoms with Gasteiger partial charge in [0.15, 0.2) is 0 Å². The van der Waals surface area contributed by atoms with Crippen LogP contribution in [-0.2, 0) is 16.4 Å². The normalized spacial score (nSPS) is 15.6. The number of H-pyrrole nitrogens is 1. The van der Waals surface area contributed by atoms with Crippen LogP contribution in [0.5, 0.6) is 0 Å². The Kier molecular flexibility index (Phi) is 6.65. The Morgan fingerprint density at radius 1 is 1.03 bits per heavy atom. The molecule has 1 amide bonds. The molecule has 1 aromatic heterocycles. The number of carbonyl (C=O) groups excluding carboxylic acids is 1. The molecule has 1 saturated heterocycles. The Balaban J connectivity index is 1.34. The lowest BCUT2D eigenvalue weighted by Crippen LogP contribution is -2.31. The van der Waals surface area contributed by atoms with Crippen molar-refractivity contribution in [2.24, 2.45) is 0 Å². The highest BCUT2D eigenvalue weighted by Crippen LogP contribution is 2.23. The van der Waals surface area contributed by atoms with E-state index in [0.29, 0.717) is 41.7 Å². The molecule has 0 atom stereocenters. The molecule has 0 spiro atoms. The van der Waals surface area contributed by atoms with E-state index in [2.05, 4.69) is 10.3 Å². The molecule has 4 rings (SSSR count). The van der Waals surface area contributed by atoms with E-state index in [4.69, 9.17) is 11.6 Å². The van der Waals surface area contributed by atoms with Gasteiger partial charge in [0.05, 0.1) is 15.4 Å². The third-order valence-electron chi connectivity index (χ3n) is 5.68. The highest BCUT2D eigenvalue weighted by molar-refractivity contribution is 7.89. The van der Waals surface area contributed by atoms with Gasteiger partial charge in [-0.3, -0.25) is 4.79 Å². The summed E-state index contributed by atoms with van der Waals surface area (Å²) in [4.78, 5) is 15.8. The molecule has 6 nitrogen and oxygen atoms in total. The van der Waals surface area contributed by atoms with Gasteiger partial charge in [-0.25, -0.2) is 8.42 Å². The Labute approximate surface area is 187 Å². The number of halogens is 1. The molecule has 8 heteroatoms. The summed E-state index contributed by atoms with van der Waals surface area (Å²) >= 11 is 6.15. The number of aromatic nitrogens is 1. The van der Waals surface area contributed by atoms with E-state index in [1.54, 1.807) is 28.6 Å². The molecule has 2 N–H and O–H groups in total. The van der Waals surface area contributed by atoms with Crippen LogP contribution in [0.2, 0.25) is 5.02 Å². The van der Waals surface area contributed by atoms with Gasteiger partial charge in [-0.15, -0.1) is 0 Å². The first kappa shape index (κ1) is 21.9. The number of amides is 1. The van der Waals surface area contributed by atoms with Crippen LogP contribution in [-0.4, -0.2) is 43.2 Å². The lowest BCUT2D eigenvalue weighted by molar-refractivity contribution is 0.0950. The average molecular weight is 460 g/mol. The fourth-order valence-electron chi connectivity index (χ4n) is 3.92. The largest absolute Gasteiger partial charge is 0.350 e. The van der Waals surface area contributed by atoms with Crippen molar-refractivity contribution in [1.29, 1.82) is 0 Å². The number of carbonyl (C=O) groups is 1. The summed E-state index contributed by atoms with van der Waals surface area (Å²) in [5.41, 5.74) is 2.17. The molecular formula is C23H26ClN3O3S. The molecule has 1 fully saturated rings. The zero-order valence-corrected chi connectivity index (χ0v) is 18.8. The minimum atomic E-state index is -3.44. The van der Waals surface area contributed by atoms with Crippen LogP contribution in [0.1, 0.15) is 41.7 Å². The Morgan fingerprint density at radius 2 is 1.74 bits per heavy atom. The lowest BCUT2D eigenvalue weighted by atomic mass is 10.1. The van der Waals surface area contributed by atoms with Gasteiger partial charge in [0.1, 0.15) is 5.69 Å². The first-order valence-corrected chi connectivity index (χ1v) is 12.4. The van der Waals surface area contributed by atoms with Crippen molar-refractivity contribution in [2.75, 3.05) is 19.6 Å². The number of hydrogen-bond donors (Lipinski definition) is 2. The number of nitrogens with zero attached hydrogens (tertiary/aromatic N) is 1. The second-order valence-electron chi connectivity index (χ2n) is 7.86. The van der Waals surface area contributed by atoms with Gasteiger partial charge < -0.3 is 10.3 Å². The van der Waals surface area contributed by atoms with Gasteiger partial charge in [-0.2, -0.15) is 4.31 Å². The minimum absolute atomic E-state index is 0.201. The summed E-state index contributed by atoms with van der Waals surface area (Å²) in [7, 11) is -3.44. The Morgan fingerprint density at radius 3 is 2.42 bits per heavy atom. The monoisotopic (exact) mass is 459 g/mol. The van der Waals surface area contributed by atoms with E-state index >= 15 is 0 Å². The summed E-state index contributed by atoms with van der Waals surface area (Å²) in [6, 6.07) is 14.3. The van der Waals surface area contributed by atoms with Gasteiger partial charge >= 0.3 is 0 Å². The van der Waals surface area contributed by atoms with E-state index in [9.17, 15) is 13.2 Å². The predicted octanol–water partition coefficient (Wildman–Crippen LogP) is 4.36. The summed E-state index contributed by atoms with van der Waals surface area (Å²) in [6.45, 7) is 1.63. The van der Waals surface area contributed by atoms with Crippen LogP contribution in [0.3, 0.4) is 0 Å². The molecule has 0 saturated carbocycles. The van der Waals surface area contributed by atoms with Gasteiger partial charge in [0, 0.05) is 25.0 Å². The van der Waals surface area contributed by atoms with Crippen molar-refractivity contribution in [3.05, 3.63) is 64.8 Å². The van der Waals surface area contributed by atoms with Gasteiger partial charge in [0.25, 0.3) is 5.91 Å². The molecule has 0 radical (unpaired) electrons. The standard InChI is InChI=1S/C23H26ClN3O3S/c24-20-7-5-6-18-16-21(26-22(18)20)23(28)25-13-12-17-8-10-19(11-9-17)31(29,30)27-14-3-1-2-4-15-27/h5-11,16,26H,1-4,12-15H2,(H,25,28). The van der Waals surface area contributed by atoms with E-state index in [1.165, 1.54) is 0 Å². The fourth-order valence-corrected chi connectivity index (χ4v) is 5.66. The van der Waals surface area contributed by atoms with Crippen molar-refractivity contribution in [3.8, 4) is 0 Å². The van der Waals surface area contributed by atoms with Crippen molar-refractivity contribution in [1.82, 2.24) is 14.6 Å². The fraction of sp³-hybridized carbons (Fsp3) is 0.348. The van der Waals surface area contributed by atoms with E-state index in [-0.39, 0.29) is 5.91 Å². The van der Waals surface area contributed by atoms with Crippen LogP contribution in [0.15, 0.2) is 53.4 Å². The minimum Gasteiger partial charge on any atom is -0.350 e. The topological polar surface area (TPSA) is 82.3 Å². The van der Waals surface area contributed by atoms with E-state index < -0.39 is 10.0 Å². The maximum Gasteiger partial charge on any atom is 0.267 e. The second kappa shape index (κ2) is 9.42. The molecule has 164 valence electrons. The van der Waals surface area contributed by atoms with Gasteiger partial charge in [-0.1, -0.05) is 48.7 Å². The quantitative estimate of drug-likeness (QED) is 0.574. The van der Waals surface area contributed by atoms with Crippen molar-refractivity contribution in [2.45, 2.75) is 37.0 Å². The number of sulfonamides is 1. The second-order valence-corrected chi connectivity index (χ2v) is 10.2. The van der Waals surface area contributed by atoms with Gasteiger partial charge in [0.2, 0.25) is 10.0 Å². The number of aromatic amines is 1. The van der Waals surface area contributed by atoms with Crippen molar-refractivity contribution in [3.63, 3.8) is 0 Å². The van der Waals surface area contributed by atoms with E-state index in [0.717, 1.165) is 42.1 Å². The van der Waals surface area contributed by atoms with Crippen LogP contribution in [0.25, 0.3) is 10.9 Å². The highest BCUT2D eigenvalue weighted by atomic mass is 35.5. The first-order chi connectivity index (χ1) is 14.9. The summed E-state index contributed by atoms with van der Waals surface area (Å²) in [6.07, 6.45) is 4.61. The summed E-state index contributed by atoms with van der Waals surface area (Å²) in [5.74, 6) is -0.201. The van der Waals surface area contributed by atoms with Crippen LogP contribution in [0.4, 0.5) is 0 Å². The number of hydrogen-bond acceptors (Lipinski definition) is 3. The van der Waals surface area contributed by atoms with Crippen molar-refractivity contribution >= 4 is 38.4 Å². The molecular weight excluding hydrogens is 434 g/mol. The SMILES string of the molecule is O=C(NCCc1ccc(S(=O)(=O)N2CCCCCC2)cc1)c1cc2cccc(Cl)c2[nH]1. The number of rotatable bonds is 6. The number of benzene rings is 2. The maximum absolute atomic E-state index is 12.9. The molecule has 0 bridgehead atoms. The molecule has 0 unspecified atom stereocenters. The third kappa shape index (κ3) is 4.95. The maximum atomic E-state index is 12.9. The van der Waals surface area contributed by atoms with Crippen LogP contribution in [0, 0.1) is 0 Å². The summed E-state index contributed by atoms with van der Waals surface area (Å²) < 4.78 is 27.3. The molecule has 3 aromatic rings. The molecule has 1 aliphatic rings. The number of fused-ring (bicyclic) bond motifs is 1. The van der Waals surface area contributed by atoms with E-state index in [1.807, 2.05) is 24.3 Å². The Bertz CT molecular complexity index is 1160.